The van der Waals surface area contributed by atoms with E-state index < -0.39 is 16.4 Å². The van der Waals surface area contributed by atoms with Gasteiger partial charge in [-0.2, -0.15) is 30.1 Å². The number of nitrogens with one attached hydrogen (secondary N) is 1. The van der Waals surface area contributed by atoms with Crippen molar-refractivity contribution in [2.75, 3.05) is 58.9 Å². The molecule has 2 aliphatic heterocycles. The van der Waals surface area contributed by atoms with E-state index in [0.29, 0.717) is 73.2 Å². The molecular formula is C84H94N26O6. The Bertz CT molecular complexity index is 5550. The van der Waals surface area contributed by atoms with Crippen LogP contribution in [0.4, 0.5) is 35.8 Å². The lowest BCUT2D eigenvalue weighted by Crippen LogP contribution is -2.42. The van der Waals surface area contributed by atoms with E-state index >= 15 is 0 Å². The van der Waals surface area contributed by atoms with E-state index in [1.54, 1.807) is 72.8 Å². The molecule has 14 aromatic rings. The zero-order chi connectivity index (χ0) is 81.1. The minimum atomic E-state index is -0.612. The van der Waals surface area contributed by atoms with Crippen LogP contribution in [-0.2, 0) is 28.7 Å². The number of aliphatic hydroxyl groups excluding tert-OH is 1. The van der Waals surface area contributed by atoms with E-state index in [9.17, 15) is 10.2 Å². The first-order chi connectivity index (χ1) is 55.8. The number of nitrogens with zero attached hydrogens (tertiary/aromatic N) is 21. The van der Waals surface area contributed by atoms with Crippen LogP contribution in [0.3, 0.4) is 0 Å². The van der Waals surface area contributed by atoms with Gasteiger partial charge in [0, 0.05) is 117 Å². The van der Waals surface area contributed by atoms with Gasteiger partial charge in [0.2, 0.25) is 23.8 Å². The average Bonchev–Trinajstić information content (AvgIpc) is 1.59. The lowest BCUT2D eigenvalue weighted by molar-refractivity contribution is 0.0341. The average molecular weight is 1560 g/mol. The summed E-state index contributed by atoms with van der Waals surface area (Å²) in [5, 5.41) is 48.0. The maximum atomic E-state index is 10.2. The molecule has 32 heteroatoms. The van der Waals surface area contributed by atoms with E-state index in [1.165, 1.54) is 11.1 Å². The summed E-state index contributed by atoms with van der Waals surface area (Å²) >= 11 is 0. The fraction of sp³-hybridized carbons (Fsp3) is 0.357. The van der Waals surface area contributed by atoms with Gasteiger partial charge in [-0.3, -0.25) is 9.78 Å². The Kier molecular flexibility index (Phi) is 21.8. The second-order valence-corrected chi connectivity index (χ2v) is 31.8. The Labute approximate surface area is 669 Å². The molecule has 4 aromatic carbocycles. The zero-order valence-corrected chi connectivity index (χ0v) is 66.2. The number of aliphatic hydroxyl groups is 2. The number of nitrogens with two attached hydrogens (primary N) is 4. The van der Waals surface area contributed by atoms with Crippen molar-refractivity contribution >= 4 is 35.8 Å². The van der Waals surface area contributed by atoms with Gasteiger partial charge in [0.15, 0.2) is 23.3 Å². The number of aryl methyl sites for hydroxylation is 1. The van der Waals surface area contributed by atoms with Crippen LogP contribution in [0.15, 0.2) is 190 Å². The molecule has 18 rings (SSSR count). The van der Waals surface area contributed by atoms with Crippen LogP contribution in [0.2, 0.25) is 0 Å². The van der Waals surface area contributed by atoms with E-state index in [2.05, 4.69) is 205 Å². The smallest absolute Gasteiger partial charge is 0.324 e. The maximum Gasteiger partial charge on any atom is 0.324 e. The summed E-state index contributed by atoms with van der Waals surface area (Å²) in [6.07, 6.45) is 28.0. The number of benzene rings is 4. The lowest BCUT2D eigenvalue weighted by Gasteiger charge is -2.34. The van der Waals surface area contributed by atoms with Crippen molar-refractivity contribution in [1.29, 1.82) is 0 Å². The third-order valence-corrected chi connectivity index (χ3v) is 23.2. The van der Waals surface area contributed by atoms with Gasteiger partial charge in [-0.1, -0.05) is 132 Å². The Morgan fingerprint density at radius 1 is 0.431 bits per heavy atom. The van der Waals surface area contributed by atoms with E-state index in [-0.39, 0.29) is 46.6 Å². The van der Waals surface area contributed by atoms with Crippen LogP contribution in [0, 0.1) is 17.8 Å². The molecule has 10 aromatic heterocycles. The molecule has 2 saturated carbocycles. The summed E-state index contributed by atoms with van der Waals surface area (Å²) < 4.78 is 23.9. The summed E-state index contributed by atoms with van der Waals surface area (Å²) in [5.41, 5.74) is 34.1. The molecule has 116 heavy (non-hydrogen) atoms. The highest BCUT2D eigenvalue weighted by Crippen LogP contribution is 2.53. The standard InChI is InChI=1S/C23H28N6O2.C22H26N6O2.C20H21N7O.C19H19N7O/c1-22(30)9-11-29(12-10-22)21-27-19(28-31-21)23(2,18-7-8-18)17-5-3-15(4-6-17)16-13-25-20(24)26-14-16;1-22(17-6-7-17,19-26-21(30-27-19)28-10-8-18(29)9-11-28)16-4-2-14(3-5-16)15-12-24-20(23)25-13-15;1-12(2)20(3,18-26-17(28-27-18)15-10-24-25-11-15)16-6-4-13(5-7-16)14-8-22-19(21)23-9-14;1-19(2,17-24-16(27-25-17)14-10-23-26(3)11-14)15-6-4-12(5-7-15)13-8-21-18(20)22-9-13/h3-6,13-14,18,30H,7-12H2,1-2H3,(H2,24,25,26);2-5,12-13,17-18,29H,6-11H2,1H3,(H2,23,24,25);4-12H,1-3H3,(H,24,25)(H2,21,22,23);4-11H,1-3H3,(H2,20,21,22)/t;22-;20-;/m.01./s1. The number of anilines is 6. The van der Waals surface area contributed by atoms with Crippen molar-refractivity contribution in [2.45, 2.75) is 140 Å². The summed E-state index contributed by atoms with van der Waals surface area (Å²) in [5.74, 6) is 5.92. The molecule has 3 atom stereocenters. The Morgan fingerprint density at radius 2 is 0.802 bits per heavy atom. The van der Waals surface area contributed by atoms with Crippen molar-refractivity contribution in [3.05, 3.63) is 217 Å². The van der Waals surface area contributed by atoms with Crippen LogP contribution in [0.1, 0.15) is 152 Å². The first kappa shape index (κ1) is 78.2. The van der Waals surface area contributed by atoms with Crippen LogP contribution in [0.25, 0.3) is 67.4 Å². The molecule has 0 amide bonds. The van der Waals surface area contributed by atoms with Gasteiger partial charge in [0.05, 0.1) is 56.9 Å². The van der Waals surface area contributed by atoms with Gasteiger partial charge in [-0.05, 0) is 155 Å². The topological polar surface area (TPSA) is 456 Å². The summed E-state index contributed by atoms with van der Waals surface area (Å²) in [4.78, 5) is 55.5. The maximum absolute atomic E-state index is 10.2. The Morgan fingerprint density at radius 3 is 1.18 bits per heavy atom. The molecule has 12 heterocycles. The lowest BCUT2D eigenvalue weighted by atomic mass is 9.72. The number of nitrogen functional groups attached to an aromatic ring is 4. The molecule has 4 aliphatic rings. The Hall–Kier alpha value is -13.1. The third kappa shape index (κ3) is 16.8. The first-order valence-corrected chi connectivity index (χ1v) is 38.8. The second-order valence-electron chi connectivity index (χ2n) is 31.8. The number of hydrogen-bond donors (Lipinski definition) is 7. The number of aromatic amines is 1. The van der Waals surface area contributed by atoms with Gasteiger partial charge in [0.25, 0.3) is 11.8 Å². The summed E-state index contributed by atoms with van der Waals surface area (Å²) in [6.45, 7) is 19.8. The fourth-order valence-electron chi connectivity index (χ4n) is 14.7. The largest absolute Gasteiger partial charge is 0.393 e. The molecule has 0 bridgehead atoms. The van der Waals surface area contributed by atoms with Crippen molar-refractivity contribution in [1.82, 2.24) is 100 Å². The molecule has 2 aliphatic carbocycles. The van der Waals surface area contributed by atoms with Crippen LogP contribution in [-0.4, -0.2) is 149 Å². The predicted molar refractivity (Wildman–Crippen MR) is 436 cm³/mol. The molecule has 4 fully saturated rings. The van der Waals surface area contributed by atoms with Crippen molar-refractivity contribution < 1.29 is 28.3 Å². The monoisotopic (exact) mass is 1560 g/mol. The third-order valence-electron chi connectivity index (χ3n) is 23.2. The summed E-state index contributed by atoms with van der Waals surface area (Å²) in [7, 11) is 1.85. The second kappa shape index (κ2) is 32.4. The normalized spacial score (nSPS) is 16.5. The zero-order valence-electron chi connectivity index (χ0n) is 66.2. The molecule has 0 radical (unpaired) electrons. The molecule has 596 valence electrons. The van der Waals surface area contributed by atoms with Crippen molar-refractivity contribution in [3.63, 3.8) is 0 Å². The predicted octanol–water partition coefficient (Wildman–Crippen LogP) is 12.3. The molecule has 11 N–H and O–H groups in total. The first-order valence-electron chi connectivity index (χ1n) is 38.8. The number of piperidine rings is 2. The minimum Gasteiger partial charge on any atom is -0.393 e. The molecule has 2 saturated heterocycles. The SMILES string of the molecule is CC(C)[C@](C)(c1ccc(-c2cnc(N)nc2)cc1)c1noc(-c2cn[nH]c2)n1.CC1(O)CCN(c2nc(C(C)(c3ccc(-c4cnc(N)nc4)cc3)C3CC3)no2)CC1.C[C@@](c1ccc(-c2cnc(N)nc2)cc1)(c1noc(N2CCC(O)CC2)n1)C1CC1.Cn1cc(-c2nc(C(C)(C)c3ccc(-c4cnc(N)nc4)cc3)no2)cn1. The highest BCUT2D eigenvalue weighted by molar-refractivity contribution is 5.66. The highest BCUT2D eigenvalue weighted by Gasteiger charge is 2.49. The number of aromatic nitrogens is 20. The van der Waals surface area contributed by atoms with Gasteiger partial charge >= 0.3 is 12.0 Å². The Balaban J connectivity index is 0.000000122. The van der Waals surface area contributed by atoms with Gasteiger partial charge in [0.1, 0.15) is 0 Å². The molecule has 32 nitrogen and oxygen atoms in total. The summed E-state index contributed by atoms with van der Waals surface area (Å²) in [6, 6.07) is 34.4. The van der Waals surface area contributed by atoms with Gasteiger partial charge < -0.3 is 61.0 Å². The van der Waals surface area contributed by atoms with E-state index in [1.807, 2.05) is 56.6 Å². The van der Waals surface area contributed by atoms with E-state index in [4.69, 9.17) is 51.0 Å². The number of hydrogen-bond acceptors (Lipinski definition) is 30. The molecule has 0 spiro atoms. The number of H-pyrrole nitrogens is 1. The van der Waals surface area contributed by atoms with Gasteiger partial charge in [-0.15, -0.1) is 0 Å². The molecular weight excluding hydrogens is 1470 g/mol. The van der Waals surface area contributed by atoms with Crippen LogP contribution in [0.5, 0.6) is 0 Å². The fourth-order valence-corrected chi connectivity index (χ4v) is 14.7. The van der Waals surface area contributed by atoms with Gasteiger partial charge in [-0.25, -0.2) is 39.9 Å². The quantitative estimate of drug-likeness (QED) is 0.0395. The highest BCUT2D eigenvalue weighted by atomic mass is 16.5. The number of rotatable bonds is 19. The molecule has 1 unspecified atom stereocenters. The van der Waals surface area contributed by atoms with Crippen molar-refractivity contribution in [3.8, 4) is 67.4 Å². The van der Waals surface area contributed by atoms with Crippen LogP contribution < -0.4 is 32.7 Å². The van der Waals surface area contributed by atoms with Crippen molar-refractivity contribution in [2.24, 2.45) is 24.8 Å². The van der Waals surface area contributed by atoms with E-state index in [0.717, 1.165) is 130 Å². The minimum absolute atomic E-state index is 0.231. The van der Waals surface area contributed by atoms with Crippen LogP contribution >= 0.6 is 0 Å².